The van der Waals surface area contributed by atoms with Gasteiger partial charge in [0, 0.05) is 6.61 Å². The quantitative estimate of drug-likeness (QED) is 0.416. The average Bonchev–Trinajstić information content (AvgIpc) is 2.43. The zero-order valence-electron chi connectivity index (χ0n) is 12.0. The van der Waals surface area contributed by atoms with Crippen LogP contribution in [0.5, 0.6) is 0 Å². The highest BCUT2D eigenvalue weighted by Crippen LogP contribution is 1.88. The summed E-state index contributed by atoms with van der Waals surface area (Å²) in [6.45, 7) is 6.58. The molecule has 0 aliphatic heterocycles. The van der Waals surface area contributed by atoms with Gasteiger partial charge in [-0.1, -0.05) is 13.3 Å². The topological polar surface area (TPSA) is 83.2 Å². The molecule has 0 rings (SSSR count). The monoisotopic (exact) mass is 279 g/mol. The van der Waals surface area contributed by atoms with Crippen molar-refractivity contribution >= 4 is 0 Å². The second-order valence-corrected chi connectivity index (χ2v) is 4.21. The molecule has 0 heterocycles. The Kier molecular flexibility index (Phi) is 15.6. The molecule has 116 valence electrons. The van der Waals surface area contributed by atoms with Crippen molar-refractivity contribution in [2.75, 3.05) is 59.5 Å². The van der Waals surface area contributed by atoms with Gasteiger partial charge in [-0.25, -0.2) is 0 Å². The summed E-state index contributed by atoms with van der Waals surface area (Å²) in [5, 5.41) is 8.66. The van der Waals surface area contributed by atoms with E-state index >= 15 is 0 Å². The van der Waals surface area contributed by atoms with Crippen LogP contribution in [-0.2, 0) is 18.9 Å². The molecule has 0 aromatic rings. The molecule has 1 atom stereocenters. The molecule has 0 saturated carbocycles. The number of hydrogen-bond donors (Lipinski definition) is 2. The highest BCUT2D eigenvalue weighted by atomic mass is 16.6. The third-order valence-corrected chi connectivity index (χ3v) is 2.32. The second-order valence-electron chi connectivity index (χ2n) is 4.21. The molecule has 3 N–H and O–H groups in total. The van der Waals surface area contributed by atoms with Gasteiger partial charge < -0.3 is 29.8 Å². The molecule has 0 fully saturated rings. The highest BCUT2D eigenvalue weighted by Gasteiger charge is 1.99. The first-order chi connectivity index (χ1) is 9.31. The molecule has 0 amide bonds. The number of aliphatic hydroxyl groups is 1. The van der Waals surface area contributed by atoms with Gasteiger partial charge in [-0.2, -0.15) is 0 Å². The summed E-state index contributed by atoms with van der Waals surface area (Å²) in [6.07, 6.45) is 2.25. The van der Waals surface area contributed by atoms with Crippen LogP contribution in [0.25, 0.3) is 0 Å². The minimum atomic E-state index is -0.309. The molecule has 19 heavy (non-hydrogen) atoms. The molecule has 6 heteroatoms. The molecule has 0 bridgehead atoms. The van der Waals surface area contributed by atoms with E-state index in [0.29, 0.717) is 46.2 Å². The number of hydrogen-bond acceptors (Lipinski definition) is 6. The lowest BCUT2D eigenvalue weighted by molar-refractivity contribution is -0.00470. The van der Waals surface area contributed by atoms with Crippen LogP contribution in [0, 0.1) is 0 Å². The predicted molar refractivity (Wildman–Crippen MR) is 73.2 cm³/mol. The van der Waals surface area contributed by atoms with Gasteiger partial charge >= 0.3 is 0 Å². The predicted octanol–water partition coefficient (Wildman–Crippen LogP) is 0.173. The van der Waals surface area contributed by atoms with Gasteiger partial charge in [0.1, 0.15) is 0 Å². The fourth-order valence-corrected chi connectivity index (χ4v) is 1.19. The first-order valence-corrected chi connectivity index (χ1v) is 6.98. The average molecular weight is 279 g/mol. The Bertz CT molecular complexity index is 171. The molecule has 6 nitrogen and oxygen atoms in total. The normalized spacial score (nSPS) is 12.8. The SMILES string of the molecule is CCCCOCCOCCOCCOCC(N)CO. The molecular formula is C13H29NO5. The lowest BCUT2D eigenvalue weighted by Crippen LogP contribution is -2.30. The van der Waals surface area contributed by atoms with Crippen LogP contribution >= 0.6 is 0 Å². The van der Waals surface area contributed by atoms with Crippen molar-refractivity contribution in [3.05, 3.63) is 0 Å². The van der Waals surface area contributed by atoms with Crippen LogP contribution in [0.1, 0.15) is 19.8 Å². The van der Waals surface area contributed by atoms with Crippen molar-refractivity contribution < 1.29 is 24.1 Å². The maximum absolute atomic E-state index is 8.66. The van der Waals surface area contributed by atoms with Crippen molar-refractivity contribution in [1.82, 2.24) is 0 Å². The van der Waals surface area contributed by atoms with Crippen molar-refractivity contribution in [2.24, 2.45) is 5.73 Å². The molecule has 0 aliphatic rings. The van der Waals surface area contributed by atoms with Gasteiger partial charge in [-0.05, 0) is 6.42 Å². The first-order valence-electron chi connectivity index (χ1n) is 6.98. The largest absolute Gasteiger partial charge is 0.395 e. The van der Waals surface area contributed by atoms with E-state index in [4.69, 9.17) is 29.8 Å². The Morgan fingerprint density at radius 3 is 1.79 bits per heavy atom. The smallest absolute Gasteiger partial charge is 0.0701 e. The minimum Gasteiger partial charge on any atom is -0.395 e. The van der Waals surface area contributed by atoms with E-state index in [1.165, 1.54) is 0 Å². The van der Waals surface area contributed by atoms with Crippen molar-refractivity contribution in [3.63, 3.8) is 0 Å². The van der Waals surface area contributed by atoms with Gasteiger partial charge in [0.15, 0.2) is 0 Å². The lowest BCUT2D eigenvalue weighted by atomic mass is 10.4. The Hall–Kier alpha value is -0.240. The number of unbranched alkanes of at least 4 members (excludes halogenated alkanes) is 1. The van der Waals surface area contributed by atoms with Gasteiger partial charge in [-0.3, -0.25) is 0 Å². The van der Waals surface area contributed by atoms with Crippen LogP contribution in [0.15, 0.2) is 0 Å². The van der Waals surface area contributed by atoms with E-state index in [0.717, 1.165) is 19.4 Å². The summed E-state index contributed by atoms with van der Waals surface area (Å²) < 4.78 is 21.2. The van der Waals surface area contributed by atoms with Crippen LogP contribution in [0.4, 0.5) is 0 Å². The van der Waals surface area contributed by atoms with E-state index in [1.807, 2.05) is 0 Å². The number of ether oxygens (including phenoxy) is 4. The molecule has 0 aromatic heterocycles. The zero-order valence-corrected chi connectivity index (χ0v) is 12.0. The lowest BCUT2D eigenvalue weighted by Gasteiger charge is -2.09. The fourth-order valence-electron chi connectivity index (χ4n) is 1.19. The van der Waals surface area contributed by atoms with E-state index in [2.05, 4.69) is 6.92 Å². The van der Waals surface area contributed by atoms with E-state index in [9.17, 15) is 0 Å². The molecule has 0 aliphatic carbocycles. The highest BCUT2D eigenvalue weighted by molar-refractivity contribution is 4.55. The molecular weight excluding hydrogens is 250 g/mol. The Labute approximate surface area is 116 Å². The summed E-state index contributed by atoms with van der Waals surface area (Å²) in [6, 6.07) is -0.309. The summed E-state index contributed by atoms with van der Waals surface area (Å²) in [4.78, 5) is 0. The maximum Gasteiger partial charge on any atom is 0.0701 e. The standard InChI is InChI=1S/C13H29NO5/c1-2-3-4-16-5-6-17-7-8-18-9-10-19-12-13(14)11-15/h13,15H,2-12,14H2,1H3. The van der Waals surface area contributed by atoms with Crippen LogP contribution in [0.2, 0.25) is 0 Å². The Morgan fingerprint density at radius 2 is 1.32 bits per heavy atom. The van der Waals surface area contributed by atoms with Crippen molar-refractivity contribution in [3.8, 4) is 0 Å². The van der Waals surface area contributed by atoms with Crippen molar-refractivity contribution in [1.29, 1.82) is 0 Å². The van der Waals surface area contributed by atoms with Crippen molar-refractivity contribution in [2.45, 2.75) is 25.8 Å². The van der Waals surface area contributed by atoms with Crippen LogP contribution in [-0.4, -0.2) is 70.6 Å². The minimum absolute atomic E-state index is 0.0605. The third kappa shape index (κ3) is 15.7. The number of rotatable bonds is 15. The van der Waals surface area contributed by atoms with E-state index < -0.39 is 0 Å². The van der Waals surface area contributed by atoms with Crippen LogP contribution in [0.3, 0.4) is 0 Å². The fraction of sp³-hybridized carbons (Fsp3) is 1.00. The first kappa shape index (κ1) is 18.8. The summed E-state index contributed by atoms with van der Waals surface area (Å²) >= 11 is 0. The van der Waals surface area contributed by atoms with Gasteiger partial charge in [0.25, 0.3) is 0 Å². The van der Waals surface area contributed by atoms with Gasteiger partial charge in [-0.15, -0.1) is 0 Å². The Balaban J connectivity index is 2.95. The second kappa shape index (κ2) is 15.8. The van der Waals surface area contributed by atoms with Crippen LogP contribution < -0.4 is 5.73 Å². The van der Waals surface area contributed by atoms with Gasteiger partial charge in [0.05, 0.1) is 58.9 Å². The van der Waals surface area contributed by atoms with E-state index in [-0.39, 0.29) is 12.6 Å². The molecule has 1 unspecified atom stereocenters. The maximum atomic E-state index is 8.66. The summed E-state index contributed by atoms with van der Waals surface area (Å²) in [5.41, 5.74) is 5.46. The molecule has 0 saturated heterocycles. The van der Waals surface area contributed by atoms with Gasteiger partial charge in [0.2, 0.25) is 0 Å². The molecule has 0 spiro atoms. The summed E-state index contributed by atoms with van der Waals surface area (Å²) in [7, 11) is 0. The number of nitrogens with two attached hydrogens (primary N) is 1. The van der Waals surface area contributed by atoms with E-state index in [1.54, 1.807) is 0 Å². The zero-order chi connectivity index (χ0) is 14.2. The third-order valence-electron chi connectivity index (χ3n) is 2.32. The summed E-state index contributed by atoms with van der Waals surface area (Å²) in [5.74, 6) is 0. The molecule has 0 radical (unpaired) electrons. The Morgan fingerprint density at radius 1 is 0.842 bits per heavy atom. The molecule has 0 aromatic carbocycles. The number of aliphatic hydroxyl groups excluding tert-OH is 1.